The third kappa shape index (κ3) is 8.13. The van der Waals surface area contributed by atoms with E-state index in [9.17, 15) is 29.3 Å². The molecule has 0 radical (unpaired) electrons. The maximum absolute atomic E-state index is 11.9. The van der Waals surface area contributed by atoms with Crippen LogP contribution in [0.1, 0.15) is 27.7 Å². The Morgan fingerprint density at radius 2 is 1.50 bits per heavy atom. The average molecular weight is 528 g/mol. The number of nitrogens with one attached hydrogen (secondary N) is 2. The molecule has 1 saturated heterocycles. The van der Waals surface area contributed by atoms with E-state index < -0.39 is 66.1 Å². The van der Waals surface area contributed by atoms with Crippen LogP contribution in [0.3, 0.4) is 0 Å². The predicted octanol–water partition coefficient (Wildman–Crippen LogP) is 0.964. The number of nitro benzene ring substituents is 1. The smallest absolute Gasteiger partial charge is 0.303 e. The first kappa shape index (κ1) is 28.4. The summed E-state index contributed by atoms with van der Waals surface area (Å²) in [5.41, 5.74) is -0.200. The van der Waals surface area contributed by atoms with Crippen molar-refractivity contribution in [1.29, 1.82) is 0 Å². The summed E-state index contributed by atoms with van der Waals surface area (Å²) in [6.45, 7) is 4.02. The minimum atomic E-state index is -1.39. The van der Waals surface area contributed by atoms with Crippen LogP contribution < -0.4 is 10.6 Å². The highest BCUT2D eigenvalue weighted by molar-refractivity contribution is 7.80. The number of carbonyl (C=O) groups is 4. The summed E-state index contributed by atoms with van der Waals surface area (Å²) in [6.07, 6.45) is -6.62. The van der Waals surface area contributed by atoms with Crippen molar-refractivity contribution in [3.8, 4) is 0 Å². The number of rotatable bonds is 8. The monoisotopic (exact) mass is 527 g/mol. The Morgan fingerprint density at radius 3 is 2.06 bits per heavy atom. The second-order valence-electron chi connectivity index (χ2n) is 7.49. The van der Waals surface area contributed by atoms with Crippen LogP contribution in [0.15, 0.2) is 24.3 Å². The first-order chi connectivity index (χ1) is 16.9. The summed E-state index contributed by atoms with van der Waals surface area (Å²) >= 11 is 5.26. The highest BCUT2D eigenvalue weighted by Gasteiger charge is 2.52. The van der Waals surface area contributed by atoms with Crippen LogP contribution >= 0.6 is 12.2 Å². The van der Waals surface area contributed by atoms with Crippen molar-refractivity contribution in [1.82, 2.24) is 5.32 Å². The van der Waals surface area contributed by atoms with Gasteiger partial charge in [-0.15, -0.1) is 0 Å². The number of ether oxygens (including phenoxy) is 5. The summed E-state index contributed by atoms with van der Waals surface area (Å²) in [5.74, 6) is -3.01. The van der Waals surface area contributed by atoms with Gasteiger partial charge in [0.1, 0.15) is 18.4 Å². The number of hydrogen-bond donors (Lipinski definition) is 2. The zero-order valence-electron chi connectivity index (χ0n) is 19.7. The number of benzene rings is 1. The molecule has 2 rings (SSSR count). The van der Waals surface area contributed by atoms with Gasteiger partial charge in [0.05, 0.1) is 4.92 Å². The maximum atomic E-state index is 11.9. The quantitative estimate of drug-likeness (QED) is 0.160. The lowest BCUT2D eigenvalue weighted by Crippen LogP contribution is -2.66. The summed E-state index contributed by atoms with van der Waals surface area (Å²) in [4.78, 5) is 57.6. The number of anilines is 1. The molecule has 2 N–H and O–H groups in total. The van der Waals surface area contributed by atoms with Gasteiger partial charge in [0.25, 0.3) is 5.69 Å². The summed E-state index contributed by atoms with van der Waals surface area (Å²) in [6, 6.07) is 5.70. The molecule has 0 amide bonds. The maximum Gasteiger partial charge on any atom is 0.303 e. The molecule has 0 aliphatic carbocycles. The first-order valence-electron chi connectivity index (χ1n) is 10.5. The van der Waals surface area contributed by atoms with Gasteiger partial charge in [-0.3, -0.25) is 29.3 Å². The van der Waals surface area contributed by atoms with E-state index in [1.807, 2.05) is 0 Å². The number of para-hydroxylation sites is 2. The van der Waals surface area contributed by atoms with E-state index in [-0.39, 0.29) is 16.5 Å². The largest absolute Gasteiger partial charge is 0.463 e. The fraction of sp³-hybridized carbons (Fsp3) is 0.476. The van der Waals surface area contributed by atoms with Crippen LogP contribution in [0.2, 0.25) is 0 Å². The van der Waals surface area contributed by atoms with Crippen LogP contribution in [-0.2, 0) is 42.9 Å². The molecular weight excluding hydrogens is 502 g/mol. The van der Waals surface area contributed by atoms with Gasteiger partial charge in [0.15, 0.2) is 29.7 Å². The molecule has 1 aromatic carbocycles. The van der Waals surface area contributed by atoms with E-state index in [1.165, 1.54) is 18.2 Å². The van der Waals surface area contributed by atoms with Gasteiger partial charge in [-0.1, -0.05) is 12.1 Å². The number of nitro groups is 1. The van der Waals surface area contributed by atoms with Crippen molar-refractivity contribution >= 4 is 52.6 Å². The van der Waals surface area contributed by atoms with Crippen LogP contribution in [0.25, 0.3) is 0 Å². The molecular formula is C21H25N3O11S. The van der Waals surface area contributed by atoms with Gasteiger partial charge in [-0.25, -0.2) is 0 Å². The van der Waals surface area contributed by atoms with Gasteiger partial charge in [0, 0.05) is 33.8 Å². The van der Waals surface area contributed by atoms with Crippen LogP contribution in [-0.4, -0.2) is 71.2 Å². The Balaban J connectivity index is 2.40. The molecule has 36 heavy (non-hydrogen) atoms. The highest BCUT2D eigenvalue weighted by Crippen LogP contribution is 2.29. The van der Waals surface area contributed by atoms with Crippen LogP contribution in [0, 0.1) is 10.1 Å². The molecule has 0 saturated carbocycles. The molecule has 1 aromatic rings. The van der Waals surface area contributed by atoms with Crippen molar-refractivity contribution in [3.05, 3.63) is 34.4 Å². The molecule has 1 aliphatic rings. The Morgan fingerprint density at radius 1 is 0.944 bits per heavy atom. The van der Waals surface area contributed by atoms with Gasteiger partial charge in [0.2, 0.25) is 0 Å². The average Bonchev–Trinajstić information content (AvgIpc) is 2.75. The van der Waals surface area contributed by atoms with E-state index >= 15 is 0 Å². The molecule has 1 fully saturated rings. The SMILES string of the molecule is CC(=O)OC[C@@H]1O[C@H](NC(=S)Nc2ccccc2[N+](=O)[O-])[C@H](OC(C)=O)[C@H](OC(C)=O)[C@@H]1OC(C)=O. The van der Waals surface area contributed by atoms with Crippen LogP contribution in [0.5, 0.6) is 0 Å². The van der Waals surface area contributed by atoms with E-state index in [0.29, 0.717) is 0 Å². The van der Waals surface area contributed by atoms with E-state index in [2.05, 4.69) is 10.6 Å². The predicted molar refractivity (Wildman–Crippen MR) is 124 cm³/mol. The molecule has 0 unspecified atom stereocenters. The number of nitrogens with zero attached hydrogens (tertiary/aromatic N) is 1. The standard InChI is InChI=1S/C21H25N3O11S/c1-10(25)31-9-16-17(32-11(2)26)18(33-12(3)27)19(34-13(4)28)20(35-16)23-21(36)22-14-7-5-6-8-15(14)24(29)30/h5-8,16-20H,9H2,1-4H3,(H2,22,23,36)/t16-,17+,18+,19+,20-/m0/s1. The minimum Gasteiger partial charge on any atom is -0.463 e. The third-order valence-corrected chi connectivity index (χ3v) is 4.83. The van der Waals surface area contributed by atoms with Crippen LogP contribution in [0.4, 0.5) is 11.4 Å². The lowest BCUT2D eigenvalue weighted by Gasteiger charge is -2.44. The number of thiocarbonyl (C=S) groups is 1. The normalized spacial score (nSPS) is 22.9. The highest BCUT2D eigenvalue weighted by atomic mass is 32.1. The minimum absolute atomic E-state index is 0.0608. The molecule has 14 nitrogen and oxygen atoms in total. The van der Waals surface area contributed by atoms with E-state index in [0.717, 1.165) is 27.7 Å². The zero-order chi connectivity index (χ0) is 27.0. The van der Waals surface area contributed by atoms with Crippen molar-refractivity contribution in [2.45, 2.75) is 58.3 Å². The van der Waals surface area contributed by atoms with Crippen molar-refractivity contribution < 1.29 is 47.8 Å². The molecule has 196 valence electrons. The third-order valence-electron chi connectivity index (χ3n) is 4.61. The van der Waals surface area contributed by atoms with E-state index in [4.69, 9.17) is 35.9 Å². The molecule has 0 bridgehead atoms. The molecule has 0 spiro atoms. The summed E-state index contributed by atoms with van der Waals surface area (Å²) in [7, 11) is 0. The van der Waals surface area contributed by atoms with Gasteiger partial charge in [-0.2, -0.15) is 0 Å². The molecule has 15 heteroatoms. The fourth-order valence-corrected chi connectivity index (χ4v) is 3.60. The Kier molecular flexibility index (Phi) is 10.0. The molecule has 1 aliphatic heterocycles. The number of carbonyl (C=O) groups excluding carboxylic acids is 4. The fourth-order valence-electron chi connectivity index (χ4n) is 3.37. The van der Waals surface area contributed by atoms with Gasteiger partial charge in [-0.05, 0) is 18.3 Å². The van der Waals surface area contributed by atoms with Gasteiger partial charge >= 0.3 is 23.9 Å². The van der Waals surface area contributed by atoms with Crippen molar-refractivity contribution in [2.24, 2.45) is 0 Å². The Bertz CT molecular complexity index is 1030. The molecule has 1 heterocycles. The van der Waals surface area contributed by atoms with Gasteiger partial charge < -0.3 is 34.3 Å². The first-order valence-corrected chi connectivity index (χ1v) is 10.9. The Hall–Kier alpha value is -3.85. The lowest BCUT2D eigenvalue weighted by atomic mass is 9.97. The topological polar surface area (TPSA) is 182 Å². The molecule has 5 atom stereocenters. The number of esters is 4. The summed E-state index contributed by atoms with van der Waals surface area (Å²) < 4.78 is 26.8. The van der Waals surface area contributed by atoms with Crippen molar-refractivity contribution in [3.63, 3.8) is 0 Å². The van der Waals surface area contributed by atoms with Crippen molar-refractivity contribution in [2.75, 3.05) is 11.9 Å². The molecule has 0 aromatic heterocycles. The second-order valence-corrected chi connectivity index (χ2v) is 7.90. The number of hydrogen-bond acceptors (Lipinski definition) is 12. The second kappa shape index (κ2) is 12.7. The zero-order valence-corrected chi connectivity index (χ0v) is 20.6. The summed E-state index contributed by atoms with van der Waals surface area (Å²) in [5, 5.41) is 16.5. The van der Waals surface area contributed by atoms with E-state index in [1.54, 1.807) is 6.07 Å². The Labute approximate surface area is 210 Å². The lowest BCUT2D eigenvalue weighted by molar-refractivity contribution is -0.383.